The van der Waals surface area contributed by atoms with Crippen LogP contribution < -0.4 is 11.3 Å². The van der Waals surface area contributed by atoms with Crippen molar-refractivity contribution in [2.75, 3.05) is 5.73 Å². The summed E-state index contributed by atoms with van der Waals surface area (Å²) in [6.45, 7) is 9.24. The molecule has 16 heavy (non-hydrogen) atoms. The van der Waals surface area contributed by atoms with Crippen molar-refractivity contribution in [3.63, 3.8) is 0 Å². The molecule has 0 saturated heterocycles. The molecule has 0 saturated carbocycles. The quantitative estimate of drug-likeness (QED) is 0.805. The summed E-state index contributed by atoms with van der Waals surface area (Å²) >= 11 is 0. The van der Waals surface area contributed by atoms with Crippen LogP contribution in [0.4, 0.5) is 5.69 Å². The van der Waals surface area contributed by atoms with E-state index in [1.807, 2.05) is 0 Å². The third-order valence-corrected chi connectivity index (χ3v) is 2.61. The fourth-order valence-electron chi connectivity index (χ4n) is 1.66. The van der Waals surface area contributed by atoms with Crippen LogP contribution in [-0.2, 0) is 13.0 Å². The van der Waals surface area contributed by atoms with E-state index in [4.69, 9.17) is 5.73 Å². The number of rotatable bonds is 5. The number of anilines is 1. The standard InChI is InChI=1S/C12H23N3O/c1-8(2)5-6-15-12(16)11(13)10(14-15)7-9(3)4/h8-9,14H,5-7,13H2,1-4H3. The number of hydrogen-bond donors (Lipinski definition) is 2. The van der Waals surface area contributed by atoms with Crippen LogP contribution in [-0.4, -0.2) is 9.78 Å². The summed E-state index contributed by atoms with van der Waals surface area (Å²) in [6, 6.07) is 0. The predicted octanol–water partition coefficient (Wildman–Crippen LogP) is 2.00. The summed E-state index contributed by atoms with van der Waals surface area (Å²) in [5, 5.41) is 3.12. The minimum absolute atomic E-state index is 0.0729. The molecule has 0 radical (unpaired) electrons. The summed E-state index contributed by atoms with van der Waals surface area (Å²) < 4.78 is 1.63. The number of aromatic nitrogens is 2. The van der Waals surface area contributed by atoms with Gasteiger partial charge in [0.25, 0.3) is 5.56 Å². The second kappa shape index (κ2) is 5.23. The van der Waals surface area contributed by atoms with Crippen molar-refractivity contribution in [1.29, 1.82) is 0 Å². The Balaban J connectivity index is 2.83. The SMILES string of the molecule is CC(C)CCn1[nH]c(CC(C)C)c(N)c1=O. The van der Waals surface area contributed by atoms with Crippen molar-refractivity contribution in [1.82, 2.24) is 9.78 Å². The summed E-state index contributed by atoms with van der Waals surface area (Å²) in [5.74, 6) is 1.09. The van der Waals surface area contributed by atoms with Gasteiger partial charge in [0.1, 0.15) is 5.69 Å². The molecular formula is C12H23N3O. The van der Waals surface area contributed by atoms with Crippen LogP contribution in [0, 0.1) is 11.8 Å². The van der Waals surface area contributed by atoms with Gasteiger partial charge in [0.2, 0.25) is 0 Å². The van der Waals surface area contributed by atoms with Gasteiger partial charge in [-0.1, -0.05) is 27.7 Å². The Morgan fingerprint density at radius 1 is 1.25 bits per heavy atom. The summed E-state index contributed by atoms with van der Waals surface area (Å²) in [4.78, 5) is 11.8. The average molecular weight is 225 g/mol. The van der Waals surface area contributed by atoms with Crippen LogP contribution in [0.5, 0.6) is 0 Å². The monoisotopic (exact) mass is 225 g/mol. The molecule has 0 aromatic carbocycles. The smallest absolute Gasteiger partial charge is 0.289 e. The van der Waals surface area contributed by atoms with Crippen molar-refractivity contribution >= 4 is 5.69 Å². The molecule has 0 atom stereocenters. The number of nitrogens with one attached hydrogen (secondary N) is 1. The van der Waals surface area contributed by atoms with E-state index in [9.17, 15) is 4.79 Å². The highest BCUT2D eigenvalue weighted by Crippen LogP contribution is 2.10. The van der Waals surface area contributed by atoms with Gasteiger partial charge in [-0.05, 0) is 24.7 Å². The molecule has 0 aliphatic carbocycles. The third-order valence-electron chi connectivity index (χ3n) is 2.61. The van der Waals surface area contributed by atoms with Gasteiger partial charge in [-0.3, -0.25) is 14.6 Å². The highest BCUT2D eigenvalue weighted by molar-refractivity contribution is 5.40. The molecule has 3 N–H and O–H groups in total. The first-order valence-electron chi connectivity index (χ1n) is 5.99. The second-order valence-corrected chi connectivity index (χ2v) is 5.24. The van der Waals surface area contributed by atoms with E-state index in [2.05, 4.69) is 32.8 Å². The Morgan fingerprint density at radius 2 is 1.88 bits per heavy atom. The van der Waals surface area contributed by atoms with E-state index >= 15 is 0 Å². The second-order valence-electron chi connectivity index (χ2n) is 5.24. The Hall–Kier alpha value is -1.19. The topological polar surface area (TPSA) is 63.8 Å². The van der Waals surface area contributed by atoms with E-state index < -0.39 is 0 Å². The number of aryl methyl sites for hydroxylation is 1. The molecule has 0 unspecified atom stereocenters. The number of nitrogens with two attached hydrogens (primary N) is 1. The molecular weight excluding hydrogens is 202 g/mol. The number of nitrogen functional groups attached to an aromatic ring is 1. The molecule has 4 nitrogen and oxygen atoms in total. The molecule has 1 rings (SSSR count). The molecule has 0 spiro atoms. The van der Waals surface area contributed by atoms with Crippen LogP contribution in [0.1, 0.15) is 39.8 Å². The van der Waals surface area contributed by atoms with Crippen molar-refractivity contribution < 1.29 is 0 Å². The maximum absolute atomic E-state index is 11.8. The van der Waals surface area contributed by atoms with Gasteiger partial charge in [-0.25, -0.2) is 0 Å². The van der Waals surface area contributed by atoms with Gasteiger partial charge in [0.15, 0.2) is 0 Å². The minimum atomic E-state index is -0.0729. The lowest BCUT2D eigenvalue weighted by Crippen LogP contribution is -2.19. The van der Waals surface area contributed by atoms with E-state index in [0.717, 1.165) is 25.1 Å². The molecule has 0 amide bonds. The zero-order valence-electron chi connectivity index (χ0n) is 10.7. The van der Waals surface area contributed by atoms with Gasteiger partial charge < -0.3 is 5.73 Å². The van der Waals surface area contributed by atoms with Crippen molar-refractivity contribution in [2.45, 2.75) is 47.1 Å². The van der Waals surface area contributed by atoms with E-state index in [1.54, 1.807) is 4.68 Å². The summed E-state index contributed by atoms with van der Waals surface area (Å²) in [5.41, 5.74) is 6.99. The lowest BCUT2D eigenvalue weighted by molar-refractivity contribution is 0.474. The highest BCUT2D eigenvalue weighted by atomic mass is 16.1. The highest BCUT2D eigenvalue weighted by Gasteiger charge is 2.12. The largest absolute Gasteiger partial charge is 0.393 e. The molecule has 0 aliphatic heterocycles. The van der Waals surface area contributed by atoms with E-state index in [1.165, 1.54) is 0 Å². The lowest BCUT2D eigenvalue weighted by atomic mass is 10.1. The van der Waals surface area contributed by atoms with Crippen LogP contribution in [0.25, 0.3) is 0 Å². The van der Waals surface area contributed by atoms with Gasteiger partial charge >= 0.3 is 0 Å². The summed E-state index contributed by atoms with van der Waals surface area (Å²) in [6.07, 6.45) is 1.82. The predicted molar refractivity (Wildman–Crippen MR) is 67.5 cm³/mol. The Morgan fingerprint density at radius 3 is 2.38 bits per heavy atom. The molecule has 1 aromatic rings. The molecule has 0 fully saturated rings. The Labute approximate surface area is 96.8 Å². The lowest BCUT2D eigenvalue weighted by Gasteiger charge is -2.05. The van der Waals surface area contributed by atoms with Crippen molar-refractivity contribution in [3.8, 4) is 0 Å². The van der Waals surface area contributed by atoms with Gasteiger partial charge in [0.05, 0.1) is 5.69 Å². The van der Waals surface area contributed by atoms with Gasteiger partial charge in [-0.15, -0.1) is 0 Å². The molecule has 1 heterocycles. The number of aromatic amines is 1. The first kappa shape index (κ1) is 12.9. The maximum atomic E-state index is 11.8. The van der Waals surface area contributed by atoms with Crippen LogP contribution in [0.15, 0.2) is 4.79 Å². The fourth-order valence-corrected chi connectivity index (χ4v) is 1.66. The normalized spacial score (nSPS) is 11.6. The fraction of sp³-hybridized carbons (Fsp3) is 0.750. The van der Waals surface area contributed by atoms with Crippen LogP contribution in [0.3, 0.4) is 0 Å². The Kier molecular flexibility index (Phi) is 4.21. The van der Waals surface area contributed by atoms with Crippen LogP contribution in [0.2, 0.25) is 0 Å². The number of nitrogens with zero attached hydrogens (tertiary/aromatic N) is 1. The molecule has 92 valence electrons. The van der Waals surface area contributed by atoms with Crippen molar-refractivity contribution in [2.24, 2.45) is 11.8 Å². The van der Waals surface area contributed by atoms with Gasteiger partial charge in [0, 0.05) is 6.54 Å². The van der Waals surface area contributed by atoms with Gasteiger partial charge in [-0.2, -0.15) is 0 Å². The molecule has 4 heteroatoms. The Bertz CT molecular complexity index is 387. The maximum Gasteiger partial charge on any atom is 0.289 e. The molecule has 0 aliphatic rings. The first-order chi connectivity index (χ1) is 7.41. The molecule has 1 aromatic heterocycles. The van der Waals surface area contributed by atoms with E-state index in [0.29, 0.717) is 17.5 Å². The van der Waals surface area contributed by atoms with Crippen molar-refractivity contribution in [3.05, 3.63) is 16.0 Å². The first-order valence-corrected chi connectivity index (χ1v) is 5.99. The van der Waals surface area contributed by atoms with E-state index in [-0.39, 0.29) is 5.56 Å². The third kappa shape index (κ3) is 3.15. The minimum Gasteiger partial charge on any atom is -0.393 e. The molecule has 0 bridgehead atoms. The number of H-pyrrole nitrogens is 1. The average Bonchev–Trinajstić information content (AvgIpc) is 2.42. The van der Waals surface area contributed by atoms with Crippen LogP contribution >= 0.6 is 0 Å². The zero-order valence-corrected chi connectivity index (χ0v) is 10.7. The summed E-state index contributed by atoms with van der Waals surface area (Å²) in [7, 11) is 0. The zero-order chi connectivity index (χ0) is 12.3. The number of hydrogen-bond acceptors (Lipinski definition) is 2.